The molecular formula is C19H15NO7. The number of amides is 1. The zero-order valence-electron chi connectivity index (χ0n) is 14.0. The largest absolute Gasteiger partial charge is 0.506 e. The number of hydrogen-bond donors (Lipinski definition) is 3. The quantitative estimate of drug-likeness (QED) is 0.566. The van der Waals surface area contributed by atoms with Crippen molar-refractivity contribution in [2.45, 2.75) is 6.61 Å². The minimum absolute atomic E-state index is 0.0688. The van der Waals surface area contributed by atoms with Crippen molar-refractivity contribution in [1.29, 1.82) is 0 Å². The van der Waals surface area contributed by atoms with Gasteiger partial charge in [-0.3, -0.25) is 9.59 Å². The van der Waals surface area contributed by atoms with Gasteiger partial charge in [0.1, 0.15) is 30.2 Å². The predicted octanol–water partition coefficient (Wildman–Crippen LogP) is 1.89. The molecule has 0 atom stereocenters. The van der Waals surface area contributed by atoms with E-state index in [9.17, 15) is 19.5 Å². The van der Waals surface area contributed by atoms with Crippen LogP contribution in [0.25, 0.3) is 11.0 Å². The van der Waals surface area contributed by atoms with Crippen LogP contribution >= 0.6 is 0 Å². The summed E-state index contributed by atoms with van der Waals surface area (Å²) in [7, 11) is 0. The Balaban J connectivity index is 1.91. The van der Waals surface area contributed by atoms with Gasteiger partial charge in [0.25, 0.3) is 5.91 Å². The van der Waals surface area contributed by atoms with E-state index in [0.717, 1.165) is 5.56 Å². The summed E-state index contributed by atoms with van der Waals surface area (Å²) in [5, 5.41) is 21.1. The molecule has 0 aliphatic heterocycles. The summed E-state index contributed by atoms with van der Waals surface area (Å²) in [6.07, 6.45) is 0. The second kappa shape index (κ2) is 7.61. The minimum Gasteiger partial charge on any atom is -0.506 e. The van der Waals surface area contributed by atoms with Crippen molar-refractivity contribution in [3.63, 3.8) is 0 Å². The van der Waals surface area contributed by atoms with E-state index in [1.807, 2.05) is 35.6 Å². The topological polar surface area (TPSA) is 126 Å². The van der Waals surface area contributed by atoms with Gasteiger partial charge in [-0.1, -0.05) is 30.3 Å². The summed E-state index contributed by atoms with van der Waals surface area (Å²) in [5.74, 6) is -2.53. The smallest absolute Gasteiger partial charge is 0.353 e. The number of carboxylic acids is 1. The summed E-state index contributed by atoms with van der Waals surface area (Å²) < 4.78 is 10.7. The van der Waals surface area contributed by atoms with Crippen molar-refractivity contribution in [3.8, 4) is 11.5 Å². The maximum absolute atomic E-state index is 12.0. The first-order chi connectivity index (χ1) is 13.0. The third kappa shape index (κ3) is 4.06. The van der Waals surface area contributed by atoms with Crippen molar-refractivity contribution in [2.75, 3.05) is 6.54 Å². The molecule has 0 saturated heterocycles. The van der Waals surface area contributed by atoms with Crippen LogP contribution in [0.2, 0.25) is 0 Å². The van der Waals surface area contributed by atoms with E-state index in [2.05, 4.69) is 0 Å². The monoisotopic (exact) mass is 369 g/mol. The normalized spacial score (nSPS) is 10.5. The summed E-state index contributed by atoms with van der Waals surface area (Å²) >= 11 is 0. The van der Waals surface area contributed by atoms with Crippen molar-refractivity contribution in [1.82, 2.24) is 5.32 Å². The van der Waals surface area contributed by atoms with Crippen LogP contribution in [0.3, 0.4) is 0 Å². The molecule has 3 rings (SSSR count). The molecule has 138 valence electrons. The molecule has 0 bridgehead atoms. The molecule has 0 radical (unpaired) electrons. The molecule has 3 aromatic rings. The van der Waals surface area contributed by atoms with Crippen molar-refractivity contribution < 1.29 is 29.0 Å². The number of nitrogens with one attached hydrogen (secondary N) is 1. The fourth-order valence-electron chi connectivity index (χ4n) is 2.44. The molecule has 2 aromatic carbocycles. The number of aromatic hydroxyl groups is 1. The molecule has 8 heteroatoms. The molecule has 0 fully saturated rings. The van der Waals surface area contributed by atoms with E-state index in [4.69, 9.17) is 14.3 Å². The Bertz CT molecular complexity index is 1060. The highest BCUT2D eigenvalue weighted by molar-refractivity contribution is 6.02. The number of carbonyl (C=O) groups is 2. The van der Waals surface area contributed by atoms with Crippen LogP contribution in [0.4, 0.5) is 0 Å². The first-order valence-electron chi connectivity index (χ1n) is 7.92. The van der Waals surface area contributed by atoms with Crippen LogP contribution < -0.4 is 15.7 Å². The molecule has 0 spiro atoms. The van der Waals surface area contributed by atoms with Crippen LogP contribution in [0.1, 0.15) is 15.9 Å². The lowest BCUT2D eigenvalue weighted by Crippen LogP contribution is -2.32. The van der Waals surface area contributed by atoms with Gasteiger partial charge < -0.3 is 24.7 Å². The van der Waals surface area contributed by atoms with E-state index in [1.165, 1.54) is 12.1 Å². The molecule has 0 aliphatic carbocycles. The zero-order valence-corrected chi connectivity index (χ0v) is 14.0. The van der Waals surface area contributed by atoms with Gasteiger partial charge in [-0.15, -0.1) is 0 Å². The molecule has 0 unspecified atom stereocenters. The SMILES string of the molecule is O=C(O)CNC(=O)c1c(O)c2cc(OCc3ccccc3)ccc2oc1=O. The Morgan fingerprint density at radius 3 is 2.56 bits per heavy atom. The Hall–Kier alpha value is -3.81. The van der Waals surface area contributed by atoms with E-state index in [0.29, 0.717) is 5.75 Å². The van der Waals surface area contributed by atoms with Gasteiger partial charge in [0.2, 0.25) is 0 Å². The van der Waals surface area contributed by atoms with Gasteiger partial charge in [-0.25, -0.2) is 4.79 Å². The van der Waals surface area contributed by atoms with Gasteiger partial charge in [-0.05, 0) is 23.8 Å². The molecule has 0 saturated carbocycles. The maximum Gasteiger partial charge on any atom is 0.353 e. The Labute approximate surface area is 152 Å². The number of carbonyl (C=O) groups excluding carboxylic acids is 1. The average molecular weight is 369 g/mol. The van der Waals surface area contributed by atoms with Gasteiger partial charge in [0, 0.05) is 0 Å². The number of fused-ring (bicyclic) bond motifs is 1. The van der Waals surface area contributed by atoms with E-state index < -0.39 is 35.4 Å². The second-order valence-electron chi connectivity index (χ2n) is 5.62. The first-order valence-corrected chi connectivity index (χ1v) is 7.92. The lowest BCUT2D eigenvalue weighted by Gasteiger charge is -2.09. The lowest BCUT2D eigenvalue weighted by molar-refractivity contribution is -0.135. The number of hydrogen-bond acceptors (Lipinski definition) is 6. The van der Waals surface area contributed by atoms with Gasteiger partial charge in [0.05, 0.1) is 5.39 Å². The Kier molecular flexibility index (Phi) is 5.07. The Morgan fingerprint density at radius 2 is 1.85 bits per heavy atom. The number of aliphatic carboxylic acids is 1. The fraction of sp³-hybridized carbons (Fsp3) is 0.105. The highest BCUT2D eigenvalue weighted by atomic mass is 16.5. The highest BCUT2D eigenvalue weighted by Gasteiger charge is 2.21. The molecule has 8 nitrogen and oxygen atoms in total. The van der Waals surface area contributed by atoms with E-state index in [-0.39, 0.29) is 17.6 Å². The van der Waals surface area contributed by atoms with Gasteiger partial charge in [0.15, 0.2) is 5.56 Å². The standard InChI is InChI=1S/C19H15NO7/c21-15(22)9-20-18(24)16-17(23)13-8-12(6-7-14(13)27-19(16)25)26-10-11-4-2-1-3-5-11/h1-8,23H,9-10H2,(H,20,24)(H,21,22). The van der Waals surface area contributed by atoms with Crippen LogP contribution in [-0.4, -0.2) is 28.6 Å². The van der Waals surface area contributed by atoms with Crippen molar-refractivity contribution in [2.24, 2.45) is 0 Å². The fourth-order valence-corrected chi connectivity index (χ4v) is 2.44. The Morgan fingerprint density at radius 1 is 1.11 bits per heavy atom. The molecule has 1 aromatic heterocycles. The number of rotatable bonds is 6. The summed E-state index contributed by atoms with van der Waals surface area (Å²) in [4.78, 5) is 34.5. The van der Waals surface area contributed by atoms with Gasteiger partial charge >= 0.3 is 11.6 Å². The van der Waals surface area contributed by atoms with Crippen molar-refractivity contribution in [3.05, 3.63) is 70.1 Å². The van der Waals surface area contributed by atoms with Crippen molar-refractivity contribution >= 4 is 22.8 Å². The number of benzene rings is 2. The predicted molar refractivity (Wildman–Crippen MR) is 94.9 cm³/mol. The average Bonchev–Trinajstić information content (AvgIpc) is 2.66. The molecule has 27 heavy (non-hydrogen) atoms. The van der Waals surface area contributed by atoms with Crippen LogP contribution in [0, 0.1) is 0 Å². The van der Waals surface area contributed by atoms with E-state index in [1.54, 1.807) is 6.07 Å². The molecule has 1 amide bonds. The zero-order chi connectivity index (χ0) is 19.4. The van der Waals surface area contributed by atoms with Gasteiger partial charge in [-0.2, -0.15) is 0 Å². The van der Waals surface area contributed by atoms with Crippen LogP contribution in [-0.2, 0) is 11.4 Å². The van der Waals surface area contributed by atoms with E-state index >= 15 is 0 Å². The summed E-state index contributed by atoms with van der Waals surface area (Å²) in [5.41, 5.74) is -0.723. The molecule has 1 heterocycles. The minimum atomic E-state index is -1.29. The van der Waals surface area contributed by atoms with Crippen LogP contribution in [0.5, 0.6) is 11.5 Å². The number of ether oxygens (including phenoxy) is 1. The summed E-state index contributed by atoms with van der Waals surface area (Å²) in [6, 6.07) is 13.9. The summed E-state index contributed by atoms with van der Waals surface area (Å²) in [6.45, 7) is -0.411. The maximum atomic E-state index is 12.0. The van der Waals surface area contributed by atoms with Crippen LogP contribution in [0.15, 0.2) is 57.7 Å². The third-order valence-corrected chi connectivity index (χ3v) is 3.73. The third-order valence-electron chi connectivity index (χ3n) is 3.73. The second-order valence-corrected chi connectivity index (χ2v) is 5.62. The molecular weight excluding hydrogens is 354 g/mol. The molecule has 3 N–H and O–H groups in total. The lowest BCUT2D eigenvalue weighted by atomic mass is 10.1. The highest BCUT2D eigenvalue weighted by Crippen LogP contribution is 2.30. The first kappa shape index (κ1) is 18.0. The number of carboxylic acid groups (broad SMARTS) is 1. The molecule has 0 aliphatic rings.